The molecular weight excluding hydrogens is 136 g/mol. The average Bonchev–Trinajstić information content (AvgIpc) is 0. The average molecular weight is 136 g/mol. The molecule has 4 heavy (non-hydrogen) atoms. The molecule has 0 aliphatic rings. The van der Waals surface area contributed by atoms with E-state index < -0.39 is 0 Å². The standard InChI is InChI=1S/3Al.Mn. The van der Waals surface area contributed by atoms with Gasteiger partial charge in [0.25, 0.3) is 0 Å². The van der Waals surface area contributed by atoms with E-state index in [1.54, 1.807) is 0 Å². The van der Waals surface area contributed by atoms with Gasteiger partial charge in [-0.15, -0.1) is 0 Å². The van der Waals surface area contributed by atoms with Gasteiger partial charge in [0, 0.05) is 69.2 Å². The van der Waals surface area contributed by atoms with Crippen molar-refractivity contribution in [1.29, 1.82) is 0 Å². The van der Waals surface area contributed by atoms with Gasteiger partial charge in [-0.2, -0.15) is 0 Å². The van der Waals surface area contributed by atoms with E-state index in [1.807, 2.05) is 0 Å². The Morgan fingerprint density at radius 3 is 0.500 bits per heavy atom. The zero-order valence-electron chi connectivity index (χ0n) is 2.11. The molecule has 0 heterocycles. The van der Waals surface area contributed by atoms with Gasteiger partial charge in [-0.25, -0.2) is 0 Å². The van der Waals surface area contributed by atoms with Crippen LogP contribution < -0.4 is 0 Å². The van der Waals surface area contributed by atoms with Crippen LogP contribution in [-0.2, 0) is 17.1 Å². The molecule has 0 aromatic carbocycles. The quantitative estimate of drug-likeness (QED) is 0.369. The van der Waals surface area contributed by atoms with Crippen LogP contribution in [0.4, 0.5) is 0 Å². The van der Waals surface area contributed by atoms with Gasteiger partial charge in [-0.3, -0.25) is 0 Å². The summed E-state index contributed by atoms with van der Waals surface area (Å²) in [6, 6.07) is 0. The molecule has 0 aromatic rings. The summed E-state index contributed by atoms with van der Waals surface area (Å²) >= 11 is 0. The largest absolute Gasteiger partial charge is 0 e. The molecule has 0 unspecified atom stereocenters. The Bertz CT molecular complexity index is 3.25. The second-order valence-corrected chi connectivity index (χ2v) is 0. The monoisotopic (exact) mass is 136 g/mol. The Balaban J connectivity index is 0. The van der Waals surface area contributed by atoms with E-state index in [1.165, 1.54) is 0 Å². The van der Waals surface area contributed by atoms with Crippen LogP contribution in [0.3, 0.4) is 0 Å². The summed E-state index contributed by atoms with van der Waals surface area (Å²) < 4.78 is 0. The molecule has 0 aliphatic carbocycles. The smallest absolute Gasteiger partial charge is 0 e. The number of rotatable bonds is 0. The Labute approximate surface area is 68.6 Å². The van der Waals surface area contributed by atoms with Crippen LogP contribution in [0.5, 0.6) is 0 Å². The second-order valence-electron chi connectivity index (χ2n) is 0. The summed E-state index contributed by atoms with van der Waals surface area (Å²) in [5.41, 5.74) is 0. The Morgan fingerprint density at radius 2 is 0.500 bits per heavy atom. The molecular formula is Al3Mn. The molecule has 0 fully saturated rings. The molecule has 0 saturated heterocycles. The first-order chi connectivity index (χ1) is 0. The maximum absolute atomic E-state index is 0. The Hall–Kier alpha value is 2.12. The normalized spacial score (nSPS) is 0. The van der Waals surface area contributed by atoms with Crippen LogP contribution in [0.25, 0.3) is 0 Å². The second kappa shape index (κ2) is 19.4. The van der Waals surface area contributed by atoms with Gasteiger partial charge in [0.1, 0.15) is 0 Å². The molecule has 0 bridgehead atoms. The molecule has 0 nitrogen and oxygen atoms in total. The van der Waals surface area contributed by atoms with Crippen LogP contribution in [0, 0.1) is 0 Å². The third kappa shape index (κ3) is 8.93. The van der Waals surface area contributed by atoms with Gasteiger partial charge in [0.2, 0.25) is 0 Å². The van der Waals surface area contributed by atoms with Gasteiger partial charge < -0.3 is 0 Å². The first-order valence-corrected chi connectivity index (χ1v) is 0. The molecule has 0 saturated carbocycles. The molecule has 0 aromatic heterocycles. The van der Waals surface area contributed by atoms with Crippen molar-refractivity contribution in [3.63, 3.8) is 0 Å². The van der Waals surface area contributed by atoms with Crippen molar-refractivity contribution in [1.82, 2.24) is 0 Å². The Morgan fingerprint density at radius 1 is 0.500 bits per heavy atom. The summed E-state index contributed by atoms with van der Waals surface area (Å²) in [6.45, 7) is 0. The fourth-order valence-electron chi connectivity index (χ4n) is 0. The molecule has 0 atom stereocenters. The van der Waals surface area contributed by atoms with Gasteiger partial charge in [-0.05, 0) is 0 Å². The van der Waals surface area contributed by atoms with Gasteiger partial charge in [0.05, 0.1) is 0 Å². The van der Waals surface area contributed by atoms with Crippen molar-refractivity contribution >= 4 is 52.1 Å². The van der Waals surface area contributed by atoms with Crippen molar-refractivity contribution in [3.05, 3.63) is 0 Å². The van der Waals surface area contributed by atoms with Crippen molar-refractivity contribution in [2.24, 2.45) is 0 Å². The summed E-state index contributed by atoms with van der Waals surface area (Å²) in [4.78, 5) is 0. The molecule has 0 rings (SSSR count). The molecule has 16 valence electrons. The van der Waals surface area contributed by atoms with Crippen molar-refractivity contribution in [3.8, 4) is 0 Å². The predicted molar refractivity (Wildman–Crippen MR) is 17.3 cm³/mol. The van der Waals surface area contributed by atoms with Crippen molar-refractivity contribution < 1.29 is 17.1 Å². The summed E-state index contributed by atoms with van der Waals surface area (Å²) in [7, 11) is 0. The zero-order chi connectivity index (χ0) is 0. The molecule has 0 aliphatic heterocycles. The van der Waals surface area contributed by atoms with Gasteiger partial charge in [-0.1, -0.05) is 0 Å². The fourth-order valence-corrected chi connectivity index (χ4v) is 0. The zero-order valence-corrected chi connectivity index (χ0v) is 6.75. The molecule has 0 amide bonds. The van der Waals surface area contributed by atoms with E-state index in [4.69, 9.17) is 0 Å². The van der Waals surface area contributed by atoms with Crippen LogP contribution >= 0.6 is 0 Å². The third-order valence-electron chi connectivity index (χ3n) is 0. The first-order valence-electron chi connectivity index (χ1n) is 0. The SMILES string of the molecule is [Al].[Al].[Al].[Mn]. The van der Waals surface area contributed by atoms with Crippen LogP contribution in [0.1, 0.15) is 0 Å². The Kier molecular flexibility index (Phi) is 173. The van der Waals surface area contributed by atoms with E-state index in [2.05, 4.69) is 0 Å². The van der Waals surface area contributed by atoms with E-state index in [-0.39, 0.29) is 69.2 Å². The van der Waals surface area contributed by atoms with Crippen molar-refractivity contribution in [2.45, 2.75) is 0 Å². The van der Waals surface area contributed by atoms with E-state index >= 15 is 0 Å². The van der Waals surface area contributed by atoms with Gasteiger partial charge >= 0.3 is 0 Å². The molecule has 4 heteroatoms. The van der Waals surface area contributed by atoms with Crippen LogP contribution in [-0.4, -0.2) is 52.1 Å². The topological polar surface area (TPSA) is 0 Å². The molecule has 0 spiro atoms. The van der Waals surface area contributed by atoms with Crippen molar-refractivity contribution in [2.75, 3.05) is 0 Å². The minimum Gasteiger partial charge on any atom is 0 e. The third-order valence-corrected chi connectivity index (χ3v) is 0. The summed E-state index contributed by atoms with van der Waals surface area (Å²) in [6.07, 6.45) is 0. The summed E-state index contributed by atoms with van der Waals surface area (Å²) in [5.74, 6) is 0. The maximum Gasteiger partial charge on any atom is 0 e. The van der Waals surface area contributed by atoms with E-state index in [0.29, 0.717) is 0 Å². The minimum atomic E-state index is 0. The van der Waals surface area contributed by atoms with E-state index in [0.717, 1.165) is 0 Å². The minimum absolute atomic E-state index is 0. The van der Waals surface area contributed by atoms with E-state index in [9.17, 15) is 0 Å². The number of hydrogen-bond donors (Lipinski definition) is 0. The predicted octanol–water partition coefficient (Wildman–Crippen LogP) is -1.14. The van der Waals surface area contributed by atoms with Gasteiger partial charge in [0.15, 0.2) is 0 Å². The first kappa shape index (κ1) is 35.7. The molecule has 0 N–H and O–H groups in total. The van der Waals surface area contributed by atoms with Crippen LogP contribution in [0.15, 0.2) is 0 Å². The fraction of sp³-hybridized carbons (Fsp3) is 0. The maximum atomic E-state index is 0. The van der Waals surface area contributed by atoms with Crippen LogP contribution in [0.2, 0.25) is 0 Å². The molecule has 10 radical (unpaired) electrons. The number of hydrogen-bond acceptors (Lipinski definition) is 0. The summed E-state index contributed by atoms with van der Waals surface area (Å²) in [5, 5.41) is 0.